The topological polar surface area (TPSA) is 44.5 Å². The van der Waals surface area contributed by atoms with Crippen molar-refractivity contribution in [3.8, 4) is 11.5 Å². The van der Waals surface area contributed by atoms with Crippen molar-refractivity contribution in [2.24, 2.45) is 5.73 Å². The Morgan fingerprint density at radius 3 is 1.88 bits per heavy atom. The Bertz CT molecular complexity index is 321. The molecule has 3 heteroatoms. The van der Waals surface area contributed by atoms with E-state index in [1.807, 2.05) is 39.8 Å². The molecule has 2 N–H and O–H groups in total. The van der Waals surface area contributed by atoms with Crippen LogP contribution in [0.4, 0.5) is 0 Å². The van der Waals surface area contributed by atoms with E-state index in [4.69, 9.17) is 15.2 Å². The fourth-order valence-electron chi connectivity index (χ4n) is 1.56. The van der Waals surface area contributed by atoms with Crippen LogP contribution in [0.5, 0.6) is 11.5 Å². The molecular weight excluding hydrogens is 202 g/mol. The summed E-state index contributed by atoms with van der Waals surface area (Å²) in [6.07, 6.45) is 0. The van der Waals surface area contributed by atoms with Crippen LogP contribution in [0.15, 0.2) is 12.1 Å². The highest BCUT2D eigenvalue weighted by atomic mass is 16.5. The predicted octanol–water partition coefficient (Wildman–Crippen LogP) is 2.81. The van der Waals surface area contributed by atoms with E-state index in [0.717, 1.165) is 22.6 Å². The van der Waals surface area contributed by atoms with Crippen molar-refractivity contribution in [1.29, 1.82) is 0 Å². The van der Waals surface area contributed by atoms with Gasteiger partial charge in [0.05, 0.1) is 13.2 Å². The molecule has 0 fully saturated rings. The van der Waals surface area contributed by atoms with Crippen LogP contribution in [0.1, 0.15) is 37.9 Å². The summed E-state index contributed by atoms with van der Waals surface area (Å²) in [6.45, 7) is 9.19. The molecule has 0 unspecified atom stereocenters. The van der Waals surface area contributed by atoms with E-state index in [1.165, 1.54) is 0 Å². The van der Waals surface area contributed by atoms with Crippen LogP contribution in [0, 0.1) is 6.92 Å². The van der Waals surface area contributed by atoms with E-state index >= 15 is 0 Å². The standard InChI is InChI=1S/C13H21NO2/c1-5-15-12-7-11(10(4)14)8-13(9(12)3)16-6-2/h7-8,10H,5-6,14H2,1-4H3/t10-/m1/s1. The van der Waals surface area contributed by atoms with Crippen molar-refractivity contribution in [3.63, 3.8) is 0 Å². The van der Waals surface area contributed by atoms with Crippen LogP contribution in [-0.4, -0.2) is 13.2 Å². The van der Waals surface area contributed by atoms with Gasteiger partial charge in [0, 0.05) is 11.6 Å². The van der Waals surface area contributed by atoms with Gasteiger partial charge in [0.2, 0.25) is 0 Å². The molecule has 0 aliphatic rings. The molecule has 0 aliphatic carbocycles. The van der Waals surface area contributed by atoms with Crippen molar-refractivity contribution in [3.05, 3.63) is 23.3 Å². The van der Waals surface area contributed by atoms with E-state index < -0.39 is 0 Å². The molecule has 0 radical (unpaired) electrons. The minimum Gasteiger partial charge on any atom is -0.493 e. The fraction of sp³-hybridized carbons (Fsp3) is 0.538. The first-order valence-electron chi connectivity index (χ1n) is 5.75. The monoisotopic (exact) mass is 223 g/mol. The number of ether oxygens (including phenoxy) is 2. The van der Waals surface area contributed by atoms with Gasteiger partial charge in [-0.05, 0) is 45.4 Å². The highest BCUT2D eigenvalue weighted by Crippen LogP contribution is 2.31. The first-order valence-corrected chi connectivity index (χ1v) is 5.75. The molecule has 90 valence electrons. The van der Waals surface area contributed by atoms with Crippen LogP contribution >= 0.6 is 0 Å². The Balaban J connectivity index is 3.16. The van der Waals surface area contributed by atoms with Gasteiger partial charge in [0.1, 0.15) is 11.5 Å². The van der Waals surface area contributed by atoms with E-state index in [-0.39, 0.29) is 6.04 Å². The highest BCUT2D eigenvalue weighted by Gasteiger charge is 2.11. The number of hydrogen-bond acceptors (Lipinski definition) is 3. The molecule has 3 nitrogen and oxygen atoms in total. The molecule has 0 saturated carbocycles. The van der Waals surface area contributed by atoms with Crippen LogP contribution < -0.4 is 15.2 Å². The summed E-state index contributed by atoms with van der Waals surface area (Å²) in [4.78, 5) is 0. The van der Waals surface area contributed by atoms with Crippen molar-refractivity contribution < 1.29 is 9.47 Å². The summed E-state index contributed by atoms with van der Waals surface area (Å²) in [7, 11) is 0. The number of rotatable bonds is 5. The van der Waals surface area contributed by atoms with Gasteiger partial charge in [-0.2, -0.15) is 0 Å². The summed E-state index contributed by atoms with van der Waals surface area (Å²) < 4.78 is 11.2. The van der Waals surface area contributed by atoms with Crippen molar-refractivity contribution in [1.82, 2.24) is 0 Å². The van der Waals surface area contributed by atoms with Gasteiger partial charge < -0.3 is 15.2 Å². The summed E-state index contributed by atoms with van der Waals surface area (Å²) in [5, 5.41) is 0. The molecule has 1 aromatic carbocycles. The number of nitrogens with two attached hydrogens (primary N) is 1. The Kier molecular flexibility index (Phi) is 4.62. The number of hydrogen-bond donors (Lipinski definition) is 1. The van der Waals surface area contributed by atoms with Crippen molar-refractivity contribution >= 4 is 0 Å². The zero-order valence-corrected chi connectivity index (χ0v) is 10.5. The minimum absolute atomic E-state index is 0.0148. The lowest BCUT2D eigenvalue weighted by atomic mass is 10.1. The molecule has 0 spiro atoms. The molecule has 1 atom stereocenters. The average molecular weight is 223 g/mol. The zero-order chi connectivity index (χ0) is 12.1. The second kappa shape index (κ2) is 5.75. The summed E-state index contributed by atoms with van der Waals surface area (Å²) in [5.74, 6) is 1.72. The molecule has 0 heterocycles. The smallest absolute Gasteiger partial charge is 0.126 e. The third kappa shape index (κ3) is 2.89. The van der Waals surface area contributed by atoms with E-state index in [0.29, 0.717) is 13.2 Å². The normalized spacial score (nSPS) is 12.3. The lowest BCUT2D eigenvalue weighted by Crippen LogP contribution is -2.07. The third-order valence-corrected chi connectivity index (χ3v) is 2.46. The first kappa shape index (κ1) is 12.8. The Hall–Kier alpha value is -1.22. The van der Waals surface area contributed by atoms with Gasteiger partial charge >= 0.3 is 0 Å². The maximum atomic E-state index is 5.88. The van der Waals surface area contributed by atoms with Gasteiger partial charge in [-0.3, -0.25) is 0 Å². The van der Waals surface area contributed by atoms with Crippen LogP contribution in [0.25, 0.3) is 0 Å². The van der Waals surface area contributed by atoms with Crippen molar-refractivity contribution in [2.75, 3.05) is 13.2 Å². The lowest BCUT2D eigenvalue weighted by Gasteiger charge is -2.16. The Morgan fingerprint density at radius 1 is 1.12 bits per heavy atom. The SMILES string of the molecule is CCOc1cc([C@@H](C)N)cc(OCC)c1C. The van der Waals surface area contributed by atoms with Gasteiger partial charge in [-0.1, -0.05) is 0 Å². The van der Waals surface area contributed by atoms with Crippen LogP contribution in [-0.2, 0) is 0 Å². The summed E-state index contributed by atoms with van der Waals surface area (Å²) >= 11 is 0. The summed E-state index contributed by atoms with van der Waals surface area (Å²) in [5.41, 5.74) is 7.96. The predicted molar refractivity (Wildman–Crippen MR) is 66.1 cm³/mol. The van der Waals surface area contributed by atoms with Gasteiger partial charge in [0.15, 0.2) is 0 Å². The largest absolute Gasteiger partial charge is 0.493 e. The Labute approximate surface area is 97.6 Å². The second-order valence-electron chi connectivity index (χ2n) is 3.80. The van der Waals surface area contributed by atoms with Gasteiger partial charge in [0.25, 0.3) is 0 Å². The Morgan fingerprint density at radius 2 is 1.56 bits per heavy atom. The molecule has 0 amide bonds. The average Bonchev–Trinajstić information content (AvgIpc) is 2.24. The molecule has 0 aliphatic heterocycles. The molecule has 1 rings (SSSR count). The van der Waals surface area contributed by atoms with Crippen LogP contribution in [0.3, 0.4) is 0 Å². The van der Waals surface area contributed by atoms with E-state index in [1.54, 1.807) is 0 Å². The molecule has 1 aromatic rings. The van der Waals surface area contributed by atoms with Gasteiger partial charge in [-0.15, -0.1) is 0 Å². The van der Waals surface area contributed by atoms with Crippen molar-refractivity contribution in [2.45, 2.75) is 33.7 Å². The second-order valence-corrected chi connectivity index (χ2v) is 3.80. The number of benzene rings is 1. The summed E-state index contributed by atoms with van der Waals surface area (Å²) in [6, 6.07) is 3.97. The molecule has 16 heavy (non-hydrogen) atoms. The molecule has 0 saturated heterocycles. The maximum Gasteiger partial charge on any atom is 0.126 e. The quantitative estimate of drug-likeness (QED) is 0.834. The molecular formula is C13H21NO2. The molecule has 0 aromatic heterocycles. The third-order valence-electron chi connectivity index (χ3n) is 2.46. The first-order chi connectivity index (χ1) is 7.60. The fourth-order valence-corrected chi connectivity index (χ4v) is 1.56. The van der Waals surface area contributed by atoms with E-state index in [9.17, 15) is 0 Å². The highest BCUT2D eigenvalue weighted by molar-refractivity contribution is 5.48. The minimum atomic E-state index is -0.0148. The van der Waals surface area contributed by atoms with Crippen LogP contribution in [0.2, 0.25) is 0 Å². The maximum absolute atomic E-state index is 5.88. The zero-order valence-electron chi connectivity index (χ0n) is 10.5. The lowest BCUT2D eigenvalue weighted by molar-refractivity contribution is 0.318. The van der Waals surface area contributed by atoms with E-state index in [2.05, 4.69) is 0 Å². The molecule has 0 bridgehead atoms. The van der Waals surface area contributed by atoms with Gasteiger partial charge in [-0.25, -0.2) is 0 Å².